The van der Waals surface area contributed by atoms with Crippen molar-refractivity contribution >= 4 is 21.8 Å². The number of hydrogen-bond donors (Lipinski definition) is 2. The van der Waals surface area contributed by atoms with Gasteiger partial charge in [0, 0.05) is 7.05 Å². The molecule has 0 radical (unpaired) electrons. The van der Waals surface area contributed by atoms with Gasteiger partial charge in [-0.25, -0.2) is 13.4 Å². The first kappa shape index (κ1) is 19.0. The van der Waals surface area contributed by atoms with Gasteiger partial charge in [-0.15, -0.1) is 0 Å². The molecule has 2 heterocycles. The topological polar surface area (TPSA) is 125 Å². The number of nitrogens with one attached hydrogen (secondary N) is 2. The Morgan fingerprint density at radius 2 is 1.72 bits per heavy atom. The van der Waals surface area contributed by atoms with Crippen molar-refractivity contribution in [3.8, 4) is 0 Å². The number of fused-ring (bicyclic) bond motifs is 1. The lowest BCUT2D eigenvalue weighted by Gasteiger charge is -2.17. The number of hydrogen-bond acceptors (Lipinski definition) is 6. The Hall–Kier alpha value is -3.37. The van der Waals surface area contributed by atoms with Gasteiger partial charge in [0.2, 0.25) is 10.0 Å². The van der Waals surface area contributed by atoms with Crippen LogP contribution >= 0.6 is 0 Å². The van der Waals surface area contributed by atoms with Crippen LogP contribution in [0.1, 0.15) is 44.0 Å². The Morgan fingerprint density at radius 3 is 2.38 bits per heavy atom. The summed E-state index contributed by atoms with van der Waals surface area (Å²) in [4.78, 5) is 29.3. The molecule has 0 spiro atoms. The third kappa shape index (κ3) is 3.32. The van der Waals surface area contributed by atoms with Gasteiger partial charge >= 0.3 is 0 Å². The molecule has 0 aliphatic carbocycles. The van der Waals surface area contributed by atoms with Gasteiger partial charge in [-0.2, -0.15) is 9.82 Å². The highest BCUT2D eigenvalue weighted by molar-refractivity contribution is 7.89. The average molecular weight is 411 g/mol. The van der Waals surface area contributed by atoms with E-state index in [0.717, 1.165) is 4.90 Å². The smallest absolute Gasteiger partial charge is 0.261 e. The van der Waals surface area contributed by atoms with Crippen LogP contribution in [0.3, 0.4) is 0 Å². The number of rotatable bonds is 5. The third-order valence-electron chi connectivity index (χ3n) is 4.65. The number of imide groups is 1. The van der Waals surface area contributed by atoms with Crippen LogP contribution in [0.2, 0.25) is 0 Å². The van der Waals surface area contributed by atoms with Crippen LogP contribution in [0.4, 0.5) is 0 Å². The molecule has 29 heavy (non-hydrogen) atoms. The maximum absolute atomic E-state index is 13.1. The summed E-state index contributed by atoms with van der Waals surface area (Å²) in [5.41, 5.74) is 0.897. The number of aromatic amines is 1. The molecule has 0 bridgehead atoms. The van der Waals surface area contributed by atoms with Gasteiger partial charge in [-0.3, -0.25) is 19.6 Å². The summed E-state index contributed by atoms with van der Waals surface area (Å²) < 4.78 is 28.8. The summed E-state index contributed by atoms with van der Waals surface area (Å²) in [6.45, 7) is 1.71. The van der Waals surface area contributed by atoms with Crippen molar-refractivity contribution in [1.29, 1.82) is 0 Å². The van der Waals surface area contributed by atoms with Crippen LogP contribution in [0.5, 0.6) is 0 Å². The molecule has 1 aromatic heterocycles. The SMILES string of the molecule is Cc1nc(C(NS(=O)(=O)c2ccc3c(c2)C(=O)N(C)C3=O)c2ccccc2)n[nH]1. The first-order valence-corrected chi connectivity index (χ1v) is 10.2. The minimum absolute atomic E-state index is 0.0605. The Kier molecular flexibility index (Phi) is 4.52. The van der Waals surface area contributed by atoms with Gasteiger partial charge in [0.15, 0.2) is 5.82 Å². The highest BCUT2D eigenvalue weighted by Gasteiger charge is 2.34. The molecule has 0 saturated heterocycles. The predicted molar refractivity (Wildman–Crippen MR) is 103 cm³/mol. The monoisotopic (exact) mass is 411 g/mol. The number of sulfonamides is 1. The van der Waals surface area contributed by atoms with Crippen molar-refractivity contribution in [2.45, 2.75) is 17.9 Å². The Bertz CT molecular complexity index is 1220. The number of nitrogens with zero attached hydrogens (tertiary/aromatic N) is 3. The molecule has 2 N–H and O–H groups in total. The molecule has 1 unspecified atom stereocenters. The summed E-state index contributed by atoms with van der Waals surface area (Å²) in [5.74, 6) is -0.180. The fourth-order valence-corrected chi connectivity index (χ4v) is 4.34. The van der Waals surface area contributed by atoms with Crippen molar-refractivity contribution in [1.82, 2.24) is 24.8 Å². The van der Waals surface area contributed by atoms with E-state index in [0.29, 0.717) is 11.4 Å². The lowest BCUT2D eigenvalue weighted by atomic mass is 10.1. The molecule has 4 rings (SSSR count). The molecule has 1 atom stereocenters. The van der Waals surface area contributed by atoms with E-state index in [2.05, 4.69) is 19.9 Å². The highest BCUT2D eigenvalue weighted by atomic mass is 32.2. The molecular formula is C19H17N5O4S. The second kappa shape index (κ2) is 6.90. The van der Waals surface area contributed by atoms with Crippen LogP contribution in [0.25, 0.3) is 0 Å². The fourth-order valence-electron chi connectivity index (χ4n) is 3.14. The number of aromatic nitrogens is 3. The standard InChI is InChI=1S/C19H17N5O4S/c1-11-20-17(22-21-11)16(12-6-4-3-5-7-12)23-29(27,28)13-8-9-14-15(10-13)19(26)24(2)18(14)25/h3-10,16,23H,1-2H3,(H,20,21,22). The van der Waals surface area contributed by atoms with Crippen LogP contribution in [0.15, 0.2) is 53.4 Å². The molecule has 1 aliphatic heterocycles. The van der Waals surface area contributed by atoms with E-state index in [4.69, 9.17) is 0 Å². The van der Waals surface area contributed by atoms with Crippen LogP contribution < -0.4 is 4.72 Å². The molecular weight excluding hydrogens is 394 g/mol. The van der Waals surface area contributed by atoms with Gasteiger partial charge in [-0.05, 0) is 30.7 Å². The highest BCUT2D eigenvalue weighted by Crippen LogP contribution is 2.27. The van der Waals surface area contributed by atoms with Gasteiger partial charge < -0.3 is 0 Å². The molecule has 9 nitrogen and oxygen atoms in total. The minimum Gasteiger partial charge on any atom is -0.277 e. The molecule has 2 aromatic carbocycles. The first-order chi connectivity index (χ1) is 13.8. The molecule has 148 valence electrons. The summed E-state index contributed by atoms with van der Waals surface area (Å²) in [6.07, 6.45) is 0. The number of carbonyl (C=O) groups is 2. The van der Waals surface area contributed by atoms with Crippen molar-refractivity contribution in [2.75, 3.05) is 7.05 Å². The average Bonchev–Trinajstić information content (AvgIpc) is 3.24. The van der Waals surface area contributed by atoms with Crippen molar-refractivity contribution in [3.63, 3.8) is 0 Å². The van der Waals surface area contributed by atoms with E-state index in [1.54, 1.807) is 31.2 Å². The number of aryl methyl sites for hydroxylation is 1. The van der Waals surface area contributed by atoms with E-state index in [1.165, 1.54) is 25.2 Å². The zero-order chi connectivity index (χ0) is 20.8. The normalized spacial score (nSPS) is 14.9. The Balaban J connectivity index is 1.73. The zero-order valence-corrected chi connectivity index (χ0v) is 16.4. The largest absolute Gasteiger partial charge is 0.277 e. The lowest BCUT2D eigenvalue weighted by Crippen LogP contribution is -2.30. The van der Waals surface area contributed by atoms with Crippen molar-refractivity contribution in [3.05, 3.63) is 76.9 Å². The van der Waals surface area contributed by atoms with E-state index >= 15 is 0 Å². The first-order valence-electron chi connectivity index (χ1n) is 8.70. The lowest BCUT2D eigenvalue weighted by molar-refractivity contribution is 0.0693. The quantitative estimate of drug-likeness (QED) is 0.612. The fraction of sp³-hybridized carbons (Fsp3) is 0.158. The molecule has 0 saturated carbocycles. The second-order valence-electron chi connectivity index (χ2n) is 6.62. The Morgan fingerprint density at radius 1 is 1.03 bits per heavy atom. The summed E-state index contributed by atoms with van der Waals surface area (Å²) in [6, 6.07) is 11.9. The number of benzene rings is 2. The van der Waals surface area contributed by atoms with Gasteiger partial charge in [-0.1, -0.05) is 30.3 Å². The van der Waals surface area contributed by atoms with Crippen LogP contribution in [-0.2, 0) is 10.0 Å². The summed E-state index contributed by atoms with van der Waals surface area (Å²) in [5, 5.41) is 6.80. The molecule has 3 aromatic rings. The van der Waals surface area contributed by atoms with Crippen molar-refractivity contribution < 1.29 is 18.0 Å². The molecule has 1 aliphatic rings. The van der Waals surface area contributed by atoms with E-state index in [9.17, 15) is 18.0 Å². The molecule has 2 amide bonds. The maximum Gasteiger partial charge on any atom is 0.261 e. The van der Waals surface area contributed by atoms with E-state index in [-0.39, 0.29) is 21.8 Å². The molecule has 10 heteroatoms. The number of carbonyl (C=O) groups excluding carboxylic acids is 2. The predicted octanol–water partition coefficient (Wildman–Crippen LogP) is 1.41. The van der Waals surface area contributed by atoms with Gasteiger partial charge in [0.25, 0.3) is 11.8 Å². The molecule has 0 fully saturated rings. The van der Waals surface area contributed by atoms with Gasteiger partial charge in [0.1, 0.15) is 11.9 Å². The van der Waals surface area contributed by atoms with Crippen LogP contribution in [0, 0.1) is 6.92 Å². The van der Waals surface area contributed by atoms with Crippen LogP contribution in [-0.4, -0.2) is 47.4 Å². The van der Waals surface area contributed by atoms with E-state index < -0.39 is 27.9 Å². The number of H-pyrrole nitrogens is 1. The third-order valence-corrected chi connectivity index (χ3v) is 6.07. The van der Waals surface area contributed by atoms with Gasteiger partial charge in [0.05, 0.1) is 16.0 Å². The minimum atomic E-state index is -4.05. The van der Waals surface area contributed by atoms with Crippen molar-refractivity contribution in [2.24, 2.45) is 0 Å². The second-order valence-corrected chi connectivity index (χ2v) is 8.33. The number of amides is 2. The van der Waals surface area contributed by atoms with E-state index in [1.807, 2.05) is 6.07 Å². The summed E-state index contributed by atoms with van der Waals surface area (Å²) >= 11 is 0. The summed E-state index contributed by atoms with van der Waals surface area (Å²) in [7, 11) is -2.70. The zero-order valence-electron chi connectivity index (χ0n) is 15.6. The maximum atomic E-state index is 13.1. The Labute approximate surface area is 166 Å².